The van der Waals surface area contributed by atoms with Crippen LogP contribution >= 0.6 is 0 Å². The van der Waals surface area contributed by atoms with E-state index >= 15 is 0 Å². The molecule has 1 N–H and O–H groups in total. The Morgan fingerprint density at radius 3 is 2.65 bits per heavy atom. The molecule has 2 heteroatoms. The molecule has 3 aliphatic rings. The average Bonchev–Trinajstić information content (AvgIpc) is 2.74. The maximum absolute atomic E-state index is 11.7. The Kier molecular flexibility index (Phi) is 2.04. The second-order valence-electron chi connectivity index (χ2n) is 7.11. The van der Waals surface area contributed by atoms with Crippen LogP contribution in [0.4, 0.5) is 0 Å². The molecule has 0 amide bonds. The first-order chi connectivity index (χ1) is 7.79. The van der Waals surface area contributed by atoms with Gasteiger partial charge in [0.2, 0.25) is 0 Å². The Morgan fingerprint density at radius 2 is 2.00 bits per heavy atom. The maximum atomic E-state index is 11.7. The van der Waals surface area contributed by atoms with Crippen molar-refractivity contribution >= 4 is 5.78 Å². The lowest BCUT2D eigenvalue weighted by atomic mass is 9.59. The Hall–Kier alpha value is -0.630. The Bertz CT molecular complexity index is 421. The van der Waals surface area contributed by atoms with Gasteiger partial charge in [0.15, 0.2) is 5.78 Å². The maximum Gasteiger partial charge on any atom is 0.156 e. The summed E-state index contributed by atoms with van der Waals surface area (Å²) in [6.07, 6.45) is 2.84. The minimum absolute atomic E-state index is 0.0414. The number of aliphatic hydroxyl groups excluding tert-OH is 1. The molecule has 0 heterocycles. The van der Waals surface area contributed by atoms with Crippen LogP contribution in [-0.2, 0) is 4.79 Å². The van der Waals surface area contributed by atoms with Crippen LogP contribution in [-0.4, -0.2) is 17.0 Å². The van der Waals surface area contributed by atoms with E-state index in [1.165, 1.54) is 0 Å². The van der Waals surface area contributed by atoms with Gasteiger partial charge < -0.3 is 5.11 Å². The number of carbonyl (C=O) groups excluding carboxylic acids is 1. The number of allylic oxidation sites excluding steroid dienone is 1. The standard InChI is InChI=1S/C15H22O2/c1-8-5-9(16)6-10-12(17)7-11-13(14(11,2)3)15(8,10)4/h6,8,11-13,17H,5,7H2,1-4H3/t8?,11-,12?,13+,15?/m1/s1. The van der Waals surface area contributed by atoms with E-state index in [1.807, 2.05) is 0 Å². The van der Waals surface area contributed by atoms with Crippen molar-refractivity contribution in [3.05, 3.63) is 11.6 Å². The van der Waals surface area contributed by atoms with Gasteiger partial charge >= 0.3 is 0 Å². The molecule has 5 atom stereocenters. The molecule has 2 fully saturated rings. The highest BCUT2D eigenvalue weighted by molar-refractivity contribution is 5.92. The van der Waals surface area contributed by atoms with Crippen molar-refractivity contribution in [2.24, 2.45) is 28.6 Å². The van der Waals surface area contributed by atoms with Gasteiger partial charge in [-0.2, -0.15) is 0 Å². The molecule has 0 aromatic heterocycles. The smallest absolute Gasteiger partial charge is 0.156 e. The minimum atomic E-state index is -0.394. The van der Waals surface area contributed by atoms with Crippen LogP contribution in [0.2, 0.25) is 0 Å². The number of aliphatic hydroxyl groups is 1. The highest BCUT2D eigenvalue weighted by atomic mass is 16.3. The minimum Gasteiger partial charge on any atom is -0.389 e. The van der Waals surface area contributed by atoms with Gasteiger partial charge in [-0.25, -0.2) is 0 Å². The highest BCUT2D eigenvalue weighted by Gasteiger charge is 2.70. The van der Waals surface area contributed by atoms with E-state index < -0.39 is 6.10 Å². The van der Waals surface area contributed by atoms with Crippen molar-refractivity contribution in [1.82, 2.24) is 0 Å². The van der Waals surface area contributed by atoms with Crippen molar-refractivity contribution in [3.8, 4) is 0 Å². The van der Waals surface area contributed by atoms with Gasteiger partial charge in [-0.3, -0.25) is 4.79 Å². The van der Waals surface area contributed by atoms with Crippen molar-refractivity contribution in [2.75, 3.05) is 0 Å². The fraction of sp³-hybridized carbons (Fsp3) is 0.800. The van der Waals surface area contributed by atoms with Crippen molar-refractivity contribution in [2.45, 2.75) is 46.6 Å². The zero-order valence-electron chi connectivity index (χ0n) is 11.2. The molecule has 0 aromatic rings. The molecule has 0 aromatic carbocycles. The third-order valence-corrected chi connectivity index (χ3v) is 6.00. The van der Waals surface area contributed by atoms with Crippen LogP contribution in [0.25, 0.3) is 0 Å². The number of fused-ring (bicyclic) bond motifs is 3. The molecule has 0 radical (unpaired) electrons. The predicted octanol–water partition coefficient (Wildman–Crippen LogP) is 2.56. The Labute approximate surface area is 103 Å². The topological polar surface area (TPSA) is 37.3 Å². The van der Waals surface area contributed by atoms with E-state index in [-0.39, 0.29) is 11.2 Å². The molecular formula is C15H22O2. The molecule has 3 aliphatic carbocycles. The molecule has 0 saturated heterocycles. The van der Waals surface area contributed by atoms with Crippen LogP contribution in [0.1, 0.15) is 40.5 Å². The van der Waals surface area contributed by atoms with Crippen molar-refractivity contribution < 1.29 is 9.90 Å². The van der Waals surface area contributed by atoms with E-state index in [2.05, 4.69) is 27.7 Å². The second kappa shape index (κ2) is 3.03. The van der Waals surface area contributed by atoms with Crippen LogP contribution in [0.3, 0.4) is 0 Å². The normalized spacial score (nSPS) is 51.4. The fourth-order valence-electron chi connectivity index (χ4n) is 4.87. The molecule has 0 spiro atoms. The molecule has 2 saturated carbocycles. The van der Waals surface area contributed by atoms with E-state index in [0.717, 1.165) is 12.0 Å². The summed E-state index contributed by atoms with van der Waals surface area (Å²) in [6, 6.07) is 0. The average molecular weight is 234 g/mol. The summed E-state index contributed by atoms with van der Waals surface area (Å²) in [5, 5.41) is 10.3. The van der Waals surface area contributed by atoms with E-state index in [4.69, 9.17) is 0 Å². The molecule has 0 bridgehead atoms. The van der Waals surface area contributed by atoms with Gasteiger partial charge in [0.05, 0.1) is 6.10 Å². The van der Waals surface area contributed by atoms with Gasteiger partial charge in [-0.05, 0) is 46.7 Å². The van der Waals surface area contributed by atoms with Crippen LogP contribution < -0.4 is 0 Å². The summed E-state index contributed by atoms with van der Waals surface area (Å²) in [5.74, 6) is 1.84. The SMILES string of the molecule is CC1CC(=O)C=C2C(O)C[C@@H]3[C@H](C21C)C3(C)C. The first-order valence-electron chi connectivity index (χ1n) is 6.72. The van der Waals surface area contributed by atoms with Gasteiger partial charge in [0.25, 0.3) is 0 Å². The summed E-state index contributed by atoms with van der Waals surface area (Å²) in [5.41, 5.74) is 1.40. The summed E-state index contributed by atoms with van der Waals surface area (Å²) < 4.78 is 0. The Balaban J connectivity index is 2.11. The number of rotatable bonds is 0. The van der Waals surface area contributed by atoms with Gasteiger partial charge in [0, 0.05) is 6.42 Å². The molecule has 0 aliphatic heterocycles. The van der Waals surface area contributed by atoms with Crippen LogP contribution in [0.15, 0.2) is 11.6 Å². The van der Waals surface area contributed by atoms with Gasteiger partial charge in [0.1, 0.15) is 0 Å². The lowest BCUT2D eigenvalue weighted by Crippen LogP contribution is -2.43. The molecule has 2 nitrogen and oxygen atoms in total. The monoisotopic (exact) mass is 234 g/mol. The lowest BCUT2D eigenvalue weighted by molar-refractivity contribution is -0.117. The summed E-state index contributed by atoms with van der Waals surface area (Å²) in [6.45, 7) is 9.07. The summed E-state index contributed by atoms with van der Waals surface area (Å²) in [4.78, 5) is 11.7. The fourth-order valence-corrected chi connectivity index (χ4v) is 4.87. The van der Waals surface area contributed by atoms with Crippen LogP contribution in [0, 0.1) is 28.6 Å². The molecule has 17 heavy (non-hydrogen) atoms. The number of hydrogen-bond acceptors (Lipinski definition) is 2. The number of hydrogen-bond donors (Lipinski definition) is 1. The van der Waals surface area contributed by atoms with Gasteiger partial charge in [-0.1, -0.05) is 27.7 Å². The lowest BCUT2D eigenvalue weighted by Gasteiger charge is -2.46. The first kappa shape index (κ1) is 11.5. The van der Waals surface area contributed by atoms with Crippen molar-refractivity contribution in [1.29, 1.82) is 0 Å². The number of carbonyl (C=O) groups is 1. The van der Waals surface area contributed by atoms with Crippen molar-refractivity contribution in [3.63, 3.8) is 0 Å². The van der Waals surface area contributed by atoms with E-state index in [1.54, 1.807) is 6.08 Å². The van der Waals surface area contributed by atoms with Crippen LogP contribution in [0.5, 0.6) is 0 Å². The zero-order chi connectivity index (χ0) is 12.6. The Morgan fingerprint density at radius 1 is 1.35 bits per heavy atom. The van der Waals surface area contributed by atoms with Gasteiger partial charge in [-0.15, -0.1) is 0 Å². The second-order valence-corrected chi connectivity index (χ2v) is 7.11. The third kappa shape index (κ3) is 1.22. The predicted molar refractivity (Wildman–Crippen MR) is 66.4 cm³/mol. The highest BCUT2D eigenvalue weighted by Crippen LogP contribution is 2.74. The summed E-state index contributed by atoms with van der Waals surface area (Å²) in [7, 11) is 0. The van der Waals surface area contributed by atoms with E-state index in [0.29, 0.717) is 29.6 Å². The third-order valence-electron chi connectivity index (χ3n) is 6.00. The molecule has 3 rings (SSSR count). The first-order valence-corrected chi connectivity index (χ1v) is 6.72. The zero-order valence-corrected chi connectivity index (χ0v) is 11.2. The largest absolute Gasteiger partial charge is 0.389 e. The number of ketones is 1. The summed E-state index contributed by atoms with van der Waals surface area (Å²) >= 11 is 0. The molecule has 94 valence electrons. The van der Waals surface area contributed by atoms with E-state index in [9.17, 15) is 9.90 Å². The quantitative estimate of drug-likeness (QED) is 0.699. The molecule has 3 unspecified atom stereocenters. The molecular weight excluding hydrogens is 212 g/mol.